The van der Waals surface area contributed by atoms with E-state index < -0.39 is 32.5 Å². The molecule has 0 aromatic carbocycles. The molecule has 2 atom stereocenters. The maximum atomic E-state index is 12.4. The molecular weight excluding hydrogens is 533 g/mol. The van der Waals surface area contributed by atoms with E-state index in [-0.39, 0.29) is 26.1 Å². The van der Waals surface area contributed by atoms with Gasteiger partial charge in [-0.05, 0) is 12.8 Å². The van der Waals surface area contributed by atoms with Crippen molar-refractivity contribution in [2.75, 3.05) is 47.5 Å². The maximum absolute atomic E-state index is 12.4. The van der Waals surface area contributed by atoms with E-state index >= 15 is 0 Å². The maximum Gasteiger partial charge on any atom is 0.472 e. The molecule has 0 aromatic rings. The van der Waals surface area contributed by atoms with E-state index in [0.29, 0.717) is 23.9 Å². The van der Waals surface area contributed by atoms with Crippen LogP contribution < -0.4 is 0 Å². The molecule has 0 aromatic heterocycles. The number of rotatable bonds is 28. The van der Waals surface area contributed by atoms with E-state index in [9.17, 15) is 19.0 Å². The molecule has 10 heteroatoms. The van der Waals surface area contributed by atoms with Crippen LogP contribution >= 0.6 is 7.82 Å². The number of phosphoric acid groups is 1. The highest BCUT2D eigenvalue weighted by Crippen LogP contribution is 2.43. The average Bonchev–Trinajstić information content (AvgIpc) is 2.87. The zero-order valence-electron chi connectivity index (χ0n) is 26.3. The summed E-state index contributed by atoms with van der Waals surface area (Å²) in [5, 5.41) is 0. The van der Waals surface area contributed by atoms with Crippen LogP contribution in [0, 0.1) is 0 Å². The van der Waals surface area contributed by atoms with Crippen molar-refractivity contribution in [3.63, 3.8) is 0 Å². The number of nitrogens with zero attached hydrogens (tertiary/aromatic N) is 1. The quantitative estimate of drug-likeness (QED) is 0.0434. The second-order valence-corrected chi connectivity index (χ2v) is 13.3. The fourth-order valence-electron chi connectivity index (χ4n) is 4.11. The highest BCUT2D eigenvalue weighted by atomic mass is 31.2. The molecule has 9 nitrogen and oxygen atoms in total. The lowest BCUT2D eigenvalue weighted by molar-refractivity contribution is -0.870. The van der Waals surface area contributed by atoms with E-state index in [1.807, 2.05) is 28.1 Å². The molecule has 0 fully saturated rings. The predicted molar refractivity (Wildman–Crippen MR) is 160 cm³/mol. The van der Waals surface area contributed by atoms with Gasteiger partial charge in [0.1, 0.15) is 19.8 Å². The minimum Gasteiger partial charge on any atom is -0.462 e. The lowest BCUT2D eigenvalue weighted by Crippen LogP contribution is -2.37. The Morgan fingerprint density at radius 3 is 1.65 bits per heavy atom. The number of likely N-dealkylation sites (N-methyl/N-ethyl adjacent to an activating group) is 1. The summed E-state index contributed by atoms with van der Waals surface area (Å²) < 4.78 is 33.4. The molecule has 0 saturated heterocycles. The molecule has 0 rings (SSSR count). The molecule has 0 amide bonds. The zero-order valence-corrected chi connectivity index (χ0v) is 27.2. The molecule has 238 valence electrons. The molecule has 1 unspecified atom stereocenters. The number of unbranched alkanes of at least 4 members (excludes halogenated alkanes) is 14. The molecule has 0 heterocycles. The predicted octanol–water partition coefficient (Wildman–Crippen LogP) is 7.34. The Morgan fingerprint density at radius 1 is 0.675 bits per heavy atom. The van der Waals surface area contributed by atoms with Crippen molar-refractivity contribution in [1.29, 1.82) is 0 Å². The number of carbonyl (C=O) groups is 2. The van der Waals surface area contributed by atoms with Crippen molar-refractivity contribution in [3.8, 4) is 0 Å². The third-order valence-electron chi connectivity index (χ3n) is 6.61. The summed E-state index contributed by atoms with van der Waals surface area (Å²) in [7, 11) is 1.48. The SMILES string of the molecule is CCCCCCCCCCCCCCCCCC(=O)O[C@H](COC(=O)CCC)COP(=O)(O)OCC[N+](C)(C)C. The number of ether oxygens (including phenoxy) is 2. The van der Waals surface area contributed by atoms with Crippen LogP contribution in [0.2, 0.25) is 0 Å². The topological polar surface area (TPSA) is 108 Å². The Hall–Kier alpha value is -0.990. The number of hydrogen-bond donors (Lipinski definition) is 1. The fraction of sp³-hybridized carbons (Fsp3) is 0.933. The molecule has 0 aliphatic rings. The minimum atomic E-state index is -4.33. The van der Waals surface area contributed by atoms with E-state index in [2.05, 4.69) is 6.92 Å². The number of hydrogen-bond acceptors (Lipinski definition) is 7. The van der Waals surface area contributed by atoms with Crippen LogP contribution in [0.15, 0.2) is 0 Å². The highest BCUT2D eigenvalue weighted by molar-refractivity contribution is 7.47. The van der Waals surface area contributed by atoms with Crippen molar-refractivity contribution in [1.82, 2.24) is 0 Å². The lowest BCUT2D eigenvalue weighted by Gasteiger charge is -2.24. The van der Waals surface area contributed by atoms with E-state index in [1.54, 1.807) is 0 Å². The normalized spacial score (nSPS) is 14.1. The molecule has 0 radical (unpaired) electrons. The first-order valence-electron chi connectivity index (χ1n) is 15.8. The zero-order chi connectivity index (χ0) is 30.1. The Labute approximate surface area is 244 Å². The highest BCUT2D eigenvalue weighted by Gasteiger charge is 2.26. The average molecular weight is 595 g/mol. The van der Waals surface area contributed by atoms with Gasteiger partial charge in [-0.15, -0.1) is 0 Å². The first-order chi connectivity index (χ1) is 19.0. The van der Waals surface area contributed by atoms with Crippen LogP contribution in [0.1, 0.15) is 129 Å². The van der Waals surface area contributed by atoms with Gasteiger partial charge in [0.2, 0.25) is 0 Å². The molecule has 0 spiro atoms. The van der Waals surface area contributed by atoms with E-state index in [0.717, 1.165) is 12.8 Å². The smallest absolute Gasteiger partial charge is 0.462 e. The van der Waals surface area contributed by atoms with Gasteiger partial charge in [-0.3, -0.25) is 18.6 Å². The molecule has 0 saturated carbocycles. The summed E-state index contributed by atoms with van der Waals surface area (Å²) in [5.74, 6) is -0.856. The van der Waals surface area contributed by atoms with Crippen LogP contribution in [-0.2, 0) is 32.7 Å². The number of phosphoric ester groups is 1. The van der Waals surface area contributed by atoms with E-state index in [1.165, 1.54) is 77.0 Å². The number of esters is 2. The summed E-state index contributed by atoms with van der Waals surface area (Å²) in [4.78, 5) is 34.1. The second-order valence-electron chi connectivity index (χ2n) is 11.9. The van der Waals surface area contributed by atoms with Gasteiger partial charge in [0.15, 0.2) is 6.10 Å². The van der Waals surface area contributed by atoms with Crippen molar-refractivity contribution in [2.24, 2.45) is 0 Å². The Morgan fingerprint density at radius 2 is 1.18 bits per heavy atom. The van der Waals surface area contributed by atoms with Gasteiger partial charge < -0.3 is 18.9 Å². The van der Waals surface area contributed by atoms with Crippen molar-refractivity contribution < 1.29 is 42.1 Å². The van der Waals surface area contributed by atoms with Crippen molar-refractivity contribution in [3.05, 3.63) is 0 Å². The molecule has 0 aliphatic heterocycles. The first-order valence-corrected chi connectivity index (χ1v) is 17.3. The van der Waals surface area contributed by atoms with E-state index in [4.69, 9.17) is 18.5 Å². The molecule has 1 N–H and O–H groups in total. The van der Waals surface area contributed by atoms with Crippen LogP contribution in [0.3, 0.4) is 0 Å². The summed E-state index contributed by atoms with van der Waals surface area (Å²) in [5.41, 5.74) is 0. The van der Waals surface area contributed by atoms with Gasteiger partial charge in [0, 0.05) is 12.8 Å². The number of carbonyl (C=O) groups excluding carboxylic acids is 2. The van der Waals surface area contributed by atoms with Gasteiger partial charge >= 0.3 is 19.8 Å². The summed E-state index contributed by atoms with van der Waals surface area (Å²) in [6.07, 6.45) is 18.8. The third kappa shape index (κ3) is 27.2. The third-order valence-corrected chi connectivity index (χ3v) is 7.59. The van der Waals surface area contributed by atoms with Gasteiger partial charge in [0.05, 0.1) is 27.7 Å². The first kappa shape index (κ1) is 39.0. The Kier molecular flexibility index (Phi) is 24.0. The standard InChI is InChI=1S/C30H60NO8P/c1-6-8-9-10-11-12-13-14-15-16-17-18-19-20-21-23-30(33)39-28(26-36-29(32)22-7-2)27-38-40(34,35)37-25-24-31(3,4)5/h28H,6-27H2,1-5H3/p+1/t28-/m1/s1. The van der Waals surface area contributed by atoms with Crippen LogP contribution in [0.25, 0.3) is 0 Å². The molecule has 40 heavy (non-hydrogen) atoms. The van der Waals surface area contributed by atoms with Gasteiger partial charge in [-0.25, -0.2) is 4.57 Å². The molecule has 0 bridgehead atoms. The second kappa shape index (κ2) is 24.6. The lowest BCUT2D eigenvalue weighted by atomic mass is 10.0. The fourth-order valence-corrected chi connectivity index (χ4v) is 4.85. The number of quaternary nitrogens is 1. The van der Waals surface area contributed by atoms with Crippen LogP contribution in [0.5, 0.6) is 0 Å². The van der Waals surface area contributed by atoms with Crippen LogP contribution in [0.4, 0.5) is 0 Å². The Bertz CT molecular complexity index is 683. The van der Waals surface area contributed by atoms with Gasteiger partial charge in [-0.2, -0.15) is 0 Å². The molecular formula is C30H61NO8P+. The van der Waals surface area contributed by atoms with Crippen molar-refractivity contribution >= 4 is 19.8 Å². The van der Waals surface area contributed by atoms with Gasteiger partial charge in [-0.1, -0.05) is 104 Å². The summed E-state index contributed by atoms with van der Waals surface area (Å²) in [6, 6.07) is 0. The van der Waals surface area contributed by atoms with Crippen molar-refractivity contribution in [2.45, 2.75) is 136 Å². The largest absolute Gasteiger partial charge is 0.472 e. The molecule has 0 aliphatic carbocycles. The van der Waals surface area contributed by atoms with Gasteiger partial charge in [0.25, 0.3) is 0 Å². The summed E-state index contributed by atoms with van der Waals surface area (Å²) in [6.45, 7) is 4.02. The summed E-state index contributed by atoms with van der Waals surface area (Å²) >= 11 is 0. The monoisotopic (exact) mass is 594 g/mol. The minimum absolute atomic E-state index is 0.0341. The Balaban J connectivity index is 4.15. The van der Waals surface area contributed by atoms with Crippen LogP contribution in [-0.4, -0.2) is 74.9 Å².